The van der Waals surface area contributed by atoms with Crippen molar-refractivity contribution in [2.45, 2.75) is 0 Å². The van der Waals surface area contributed by atoms with Crippen LogP contribution in [0.3, 0.4) is 0 Å². The number of rotatable bonds is 4. The Balaban J connectivity index is 0.000000312. The summed E-state index contributed by atoms with van der Waals surface area (Å²) in [6.45, 7) is 3.82. The molecular weight excluding hydrogens is 284 g/mol. The van der Waals surface area contributed by atoms with E-state index in [2.05, 4.69) is 49.0 Å². The van der Waals surface area contributed by atoms with E-state index in [-0.39, 0.29) is 0 Å². The highest BCUT2D eigenvalue weighted by Crippen LogP contribution is 2.23. The highest BCUT2D eigenvalue weighted by Gasteiger charge is 1.99. The van der Waals surface area contributed by atoms with Crippen LogP contribution in [0, 0.1) is 0 Å². The van der Waals surface area contributed by atoms with Gasteiger partial charge in [0.15, 0.2) is 0 Å². The predicted molar refractivity (Wildman–Crippen MR) is 92.6 cm³/mol. The summed E-state index contributed by atoms with van der Waals surface area (Å²) in [6, 6.07) is 18.6. The van der Waals surface area contributed by atoms with Gasteiger partial charge in [-0.1, -0.05) is 67.3 Å². The highest BCUT2D eigenvalue weighted by atomic mass is 28.3. The molecule has 0 aromatic heterocycles. The third-order valence-electron chi connectivity index (χ3n) is 2.50. The van der Waals surface area contributed by atoms with E-state index in [0.29, 0.717) is 0 Å². The van der Waals surface area contributed by atoms with Crippen LogP contribution in [0.15, 0.2) is 61.2 Å². The van der Waals surface area contributed by atoms with E-state index in [1.165, 1.54) is 16.7 Å². The van der Waals surface area contributed by atoms with Crippen molar-refractivity contribution in [1.82, 2.24) is 0 Å². The minimum absolute atomic E-state index is 0.444. The Kier molecular flexibility index (Phi) is 8.03. The minimum atomic E-state index is -0.444. The lowest BCUT2D eigenvalue weighted by molar-refractivity contribution is 0.513. The van der Waals surface area contributed by atoms with Gasteiger partial charge in [-0.15, -0.1) is 0 Å². The van der Waals surface area contributed by atoms with Gasteiger partial charge in [0, 0.05) is 0 Å². The molecule has 0 amide bonds. The first-order chi connectivity index (χ1) is 9.33. The average molecular weight is 305 g/mol. The van der Waals surface area contributed by atoms with Crippen molar-refractivity contribution in [3.05, 3.63) is 66.7 Å². The third kappa shape index (κ3) is 5.50. The van der Waals surface area contributed by atoms with Crippen LogP contribution in [-0.4, -0.2) is 31.0 Å². The van der Waals surface area contributed by atoms with E-state index in [1.807, 2.05) is 18.2 Å². The van der Waals surface area contributed by atoms with Crippen molar-refractivity contribution >= 4 is 37.1 Å². The zero-order valence-electron chi connectivity index (χ0n) is 11.5. The van der Waals surface area contributed by atoms with Gasteiger partial charge in [-0.25, -0.2) is 0 Å². The van der Waals surface area contributed by atoms with Gasteiger partial charge in [0.05, 0.1) is 0 Å². The molecule has 0 spiro atoms. The van der Waals surface area contributed by atoms with Crippen LogP contribution in [0.1, 0.15) is 5.56 Å². The van der Waals surface area contributed by atoms with Crippen LogP contribution in [0.4, 0.5) is 0 Å². The molecule has 0 aliphatic heterocycles. The average Bonchev–Trinajstić information content (AvgIpc) is 2.49. The fourth-order valence-corrected chi connectivity index (χ4v) is 4.74. The Morgan fingerprint density at radius 1 is 0.895 bits per heavy atom. The maximum atomic E-state index is 4.78. The molecule has 0 saturated heterocycles. The number of hydrogen-bond donors (Lipinski definition) is 0. The summed E-state index contributed by atoms with van der Waals surface area (Å²) in [4.78, 5) is 0. The standard InChI is InChI=1S/C14H12.H8O2Si3/c1-2-12-8-6-7-11-14(12)13-9-4-3-5-10-13;3-1-5-2-4/h2-11H,1H2;5H2,3-4H3. The molecule has 0 aliphatic rings. The largest absolute Gasteiger partial charge is 0.449 e. The zero-order valence-corrected chi connectivity index (χ0v) is 16.9. The van der Waals surface area contributed by atoms with E-state index < -0.39 is 10.0 Å². The summed E-state index contributed by atoms with van der Waals surface area (Å²) in [6.07, 6.45) is 1.89. The Bertz CT molecular complexity index is 487. The van der Waals surface area contributed by atoms with E-state index in [4.69, 9.17) is 8.23 Å². The van der Waals surface area contributed by atoms with Crippen LogP contribution in [0.2, 0.25) is 0 Å². The summed E-state index contributed by atoms with van der Waals surface area (Å²) >= 11 is 0. The molecule has 2 rings (SSSR count). The zero-order chi connectivity index (χ0) is 13.9. The molecule has 0 unspecified atom stereocenters. The normalized spacial score (nSPS) is 10.3. The molecule has 0 radical (unpaired) electrons. The molecule has 19 heavy (non-hydrogen) atoms. The Morgan fingerprint density at radius 3 is 2.00 bits per heavy atom. The summed E-state index contributed by atoms with van der Waals surface area (Å²) in [5, 5.41) is 0. The first kappa shape index (κ1) is 15.8. The molecule has 2 nitrogen and oxygen atoms in total. The van der Waals surface area contributed by atoms with Crippen molar-refractivity contribution in [1.29, 1.82) is 0 Å². The summed E-state index contributed by atoms with van der Waals surface area (Å²) < 4.78 is 9.56. The van der Waals surface area contributed by atoms with Gasteiger partial charge in [0.2, 0.25) is 0 Å². The summed E-state index contributed by atoms with van der Waals surface area (Å²) in [7, 11) is 1.27. The van der Waals surface area contributed by atoms with Crippen LogP contribution >= 0.6 is 0 Å². The molecule has 0 atom stereocenters. The maximum absolute atomic E-state index is 4.78. The van der Waals surface area contributed by atoms with Gasteiger partial charge in [0.25, 0.3) is 10.0 Å². The van der Waals surface area contributed by atoms with Gasteiger partial charge in [-0.3, -0.25) is 0 Å². The summed E-state index contributed by atoms with van der Waals surface area (Å²) in [5.41, 5.74) is 3.66. The number of hydrogen-bond acceptors (Lipinski definition) is 2. The van der Waals surface area contributed by atoms with E-state index in [9.17, 15) is 0 Å². The maximum Gasteiger partial charge on any atom is 0.282 e. The van der Waals surface area contributed by atoms with Crippen molar-refractivity contribution in [3.8, 4) is 11.1 Å². The second kappa shape index (κ2) is 9.65. The molecule has 5 heteroatoms. The van der Waals surface area contributed by atoms with Gasteiger partial charge in [-0.2, -0.15) is 0 Å². The van der Waals surface area contributed by atoms with Crippen LogP contribution in [0.5, 0.6) is 0 Å². The molecule has 0 N–H and O–H groups in total. The summed E-state index contributed by atoms with van der Waals surface area (Å²) in [5.74, 6) is 0. The molecular formula is C14H20O2Si3. The minimum Gasteiger partial charge on any atom is -0.449 e. The first-order valence-electron chi connectivity index (χ1n) is 6.08. The SMILES string of the molecule is C=Cc1ccccc1-c1ccccc1.[SiH3]O[SiH2]O[SiH3]. The van der Waals surface area contributed by atoms with Gasteiger partial charge in [0.1, 0.15) is 21.0 Å². The van der Waals surface area contributed by atoms with Crippen molar-refractivity contribution in [3.63, 3.8) is 0 Å². The van der Waals surface area contributed by atoms with E-state index in [0.717, 1.165) is 21.0 Å². The van der Waals surface area contributed by atoms with Gasteiger partial charge < -0.3 is 8.23 Å². The number of benzene rings is 2. The fourth-order valence-electron chi connectivity index (χ4n) is 1.67. The topological polar surface area (TPSA) is 18.5 Å². The van der Waals surface area contributed by atoms with Crippen LogP contribution in [-0.2, 0) is 8.23 Å². The molecule has 0 heterocycles. The second-order valence-corrected chi connectivity index (χ2v) is 8.71. The molecule has 2 aromatic carbocycles. The Labute approximate surface area is 123 Å². The van der Waals surface area contributed by atoms with Gasteiger partial charge >= 0.3 is 0 Å². The third-order valence-corrected chi connectivity index (χ3v) is 4.39. The molecule has 0 fully saturated rings. The lowest BCUT2D eigenvalue weighted by Gasteiger charge is -2.04. The lowest BCUT2D eigenvalue weighted by atomic mass is 10.00. The molecule has 0 aliphatic carbocycles. The van der Waals surface area contributed by atoms with Gasteiger partial charge in [-0.05, 0) is 16.7 Å². The molecule has 100 valence electrons. The second-order valence-electron chi connectivity index (χ2n) is 3.85. The van der Waals surface area contributed by atoms with Crippen LogP contribution < -0.4 is 0 Å². The predicted octanol–water partition coefficient (Wildman–Crippen LogP) is 0.576. The highest BCUT2D eigenvalue weighted by molar-refractivity contribution is 6.33. The van der Waals surface area contributed by atoms with Crippen molar-refractivity contribution in [2.75, 3.05) is 0 Å². The fraction of sp³-hybridized carbons (Fsp3) is 0. The Morgan fingerprint density at radius 2 is 1.47 bits per heavy atom. The van der Waals surface area contributed by atoms with E-state index in [1.54, 1.807) is 0 Å². The molecule has 0 bridgehead atoms. The lowest BCUT2D eigenvalue weighted by Crippen LogP contribution is -1.96. The first-order valence-corrected chi connectivity index (χ1v) is 8.87. The van der Waals surface area contributed by atoms with Crippen molar-refractivity contribution in [2.24, 2.45) is 0 Å². The monoisotopic (exact) mass is 304 g/mol. The van der Waals surface area contributed by atoms with E-state index >= 15 is 0 Å². The molecule has 2 aromatic rings. The van der Waals surface area contributed by atoms with Crippen molar-refractivity contribution < 1.29 is 8.23 Å². The van der Waals surface area contributed by atoms with Crippen LogP contribution in [0.25, 0.3) is 17.2 Å². The molecule has 0 saturated carbocycles. The quantitative estimate of drug-likeness (QED) is 0.769. The Hall–Kier alpha value is -1.25. The smallest absolute Gasteiger partial charge is 0.282 e.